The molecule has 0 aliphatic carbocycles. The molecule has 2 unspecified atom stereocenters. The third kappa shape index (κ3) is 3.60. The molecule has 0 spiro atoms. The van der Waals surface area contributed by atoms with Crippen molar-refractivity contribution in [2.24, 2.45) is 17.8 Å². The lowest BCUT2D eigenvalue weighted by molar-refractivity contribution is 0.267. The van der Waals surface area contributed by atoms with Crippen molar-refractivity contribution < 1.29 is 0 Å². The van der Waals surface area contributed by atoms with Crippen molar-refractivity contribution >= 4 is 0 Å². The summed E-state index contributed by atoms with van der Waals surface area (Å²) in [5.41, 5.74) is 0. The summed E-state index contributed by atoms with van der Waals surface area (Å²) in [6.45, 7) is 13.0. The molecule has 2 atom stereocenters. The van der Waals surface area contributed by atoms with Gasteiger partial charge in [0.05, 0.1) is 0 Å². The molecule has 0 N–H and O–H groups in total. The Balaban J connectivity index is 3.96. The lowest BCUT2D eigenvalue weighted by Gasteiger charge is -2.25. The first kappa shape index (κ1) is 10.7. The van der Waals surface area contributed by atoms with Gasteiger partial charge in [-0.15, -0.1) is 6.58 Å². The number of rotatable bonds is 5. The Morgan fingerprint density at radius 3 is 2.09 bits per heavy atom. The van der Waals surface area contributed by atoms with Gasteiger partial charge >= 0.3 is 0 Å². The fourth-order valence-electron chi connectivity index (χ4n) is 1.66. The molecule has 11 heavy (non-hydrogen) atoms. The van der Waals surface area contributed by atoms with Crippen LogP contribution in [0.5, 0.6) is 0 Å². The summed E-state index contributed by atoms with van der Waals surface area (Å²) < 4.78 is 0. The summed E-state index contributed by atoms with van der Waals surface area (Å²) in [5.74, 6) is 2.47. The second-order valence-corrected chi connectivity index (χ2v) is 3.82. The minimum absolute atomic E-state index is 0.794. The molecule has 0 aliphatic rings. The highest BCUT2D eigenvalue weighted by Crippen LogP contribution is 2.26. The van der Waals surface area contributed by atoms with Gasteiger partial charge in [0.15, 0.2) is 0 Å². The van der Waals surface area contributed by atoms with E-state index in [4.69, 9.17) is 0 Å². The highest BCUT2D eigenvalue weighted by molar-refractivity contribution is 4.78. The minimum Gasteiger partial charge on any atom is -0.103 e. The zero-order valence-electron chi connectivity index (χ0n) is 8.43. The van der Waals surface area contributed by atoms with Crippen molar-refractivity contribution in [2.45, 2.75) is 40.5 Å². The van der Waals surface area contributed by atoms with Crippen LogP contribution in [0.4, 0.5) is 0 Å². The van der Waals surface area contributed by atoms with E-state index in [1.54, 1.807) is 0 Å². The van der Waals surface area contributed by atoms with Gasteiger partial charge in [-0.1, -0.05) is 40.2 Å². The molecule has 0 aliphatic heterocycles. The van der Waals surface area contributed by atoms with Crippen LogP contribution in [0.15, 0.2) is 12.7 Å². The molecular formula is C11H22. The maximum atomic E-state index is 3.80. The first-order chi connectivity index (χ1) is 5.13. The van der Waals surface area contributed by atoms with E-state index < -0.39 is 0 Å². The molecule has 0 saturated heterocycles. The zero-order valence-corrected chi connectivity index (χ0v) is 8.43. The van der Waals surface area contributed by atoms with Crippen LogP contribution in [-0.4, -0.2) is 0 Å². The van der Waals surface area contributed by atoms with Gasteiger partial charge in [-0.05, 0) is 24.2 Å². The summed E-state index contributed by atoms with van der Waals surface area (Å²) in [6.07, 6.45) is 4.51. The van der Waals surface area contributed by atoms with Crippen molar-refractivity contribution in [1.82, 2.24) is 0 Å². The van der Waals surface area contributed by atoms with Gasteiger partial charge in [-0.2, -0.15) is 0 Å². The highest BCUT2D eigenvalue weighted by atomic mass is 14.2. The highest BCUT2D eigenvalue weighted by Gasteiger charge is 2.17. The standard InChI is InChI=1S/C11H22/c1-6-8-11(9(3)4)10(5)7-2/h6,9-11H,1,7-8H2,2-5H3. The lowest BCUT2D eigenvalue weighted by Crippen LogP contribution is -2.16. The third-order valence-corrected chi connectivity index (χ3v) is 2.67. The first-order valence-electron chi connectivity index (χ1n) is 4.74. The van der Waals surface area contributed by atoms with Gasteiger partial charge < -0.3 is 0 Å². The molecular weight excluding hydrogens is 132 g/mol. The Morgan fingerprint density at radius 1 is 1.27 bits per heavy atom. The van der Waals surface area contributed by atoms with Crippen molar-refractivity contribution in [3.8, 4) is 0 Å². The van der Waals surface area contributed by atoms with Crippen LogP contribution in [0.25, 0.3) is 0 Å². The average molecular weight is 154 g/mol. The summed E-state index contributed by atoms with van der Waals surface area (Å²) >= 11 is 0. The fourth-order valence-corrected chi connectivity index (χ4v) is 1.66. The van der Waals surface area contributed by atoms with Crippen LogP contribution >= 0.6 is 0 Å². The van der Waals surface area contributed by atoms with Gasteiger partial charge in [0.1, 0.15) is 0 Å². The molecule has 0 aromatic carbocycles. The van der Waals surface area contributed by atoms with E-state index >= 15 is 0 Å². The Morgan fingerprint density at radius 2 is 1.82 bits per heavy atom. The zero-order chi connectivity index (χ0) is 8.85. The second kappa shape index (κ2) is 5.40. The monoisotopic (exact) mass is 154 g/mol. The van der Waals surface area contributed by atoms with E-state index in [9.17, 15) is 0 Å². The Hall–Kier alpha value is -0.260. The normalized spacial score (nSPS) is 16.5. The van der Waals surface area contributed by atoms with E-state index in [0.717, 1.165) is 17.8 Å². The van der Waals surface area contributed by atoms with Crippen LogP contribution in [-0.2, 0) is 0 Å². The maximum absolute atomic E-state index is 3.80. The Labute approximate surface area is 71.7 Å². The molecule has 0 nitrogen and oxygen atoms in total. The Bertz CT molecular complexity index is 103. The second-order valence-electron chi connectivity index (χ2n) is 3.82. The lowest BCUT2D eigenvalue weighted by atomic mass is 9.81. The summed E-state index contributed by atoms with van der Waals surface area (Å²) in [5, 5.41) is 0. The maximum Gasteiger partial charge on any atom is -0.0320 e. The molecule has 0 rings (SSSR count). The fraction of sp³-hybridized carbons (Fsp3) is 0.818. The van der Waals surface area contributed by atoms with E-state index in [0.29, 0.717) is 0 Å². The van der Waals surface area contributed by atoms with E-state index in [1.165, 1.54) is 12.8 Å². The van der Waals surface area contributed by atoms with Gasteiger partial charge in [0.2, 0.25) is 0 Å². The minimum atomic E-state index is 0.794. The van der Waals surface area contributed by atoms with Crippen molar-refractivity contribution in [3.63, 3.8) is 0 Å². The van der Waals surface area contributed by atoms with Crippen LogP contribution in [0.2, 0.25) is 0 Å². The summed E-state index contributed by atoms with van der Waals surface area (Å²) in [4.78, 5) is 0. The topological polar surface area (TPSA) is 0 Å². The van der Waals surface area contributed by atoms with Crippen molar-refractivity contribution in [1.29, 1.82) is 0 Å². The smallest absolute Gasteiger partial charge is 0.0320 e. The molecule has 0 aromatic heterocycles. The van der Waals surface area contributed by atoms with Gasteiger partial charge in [0, 0.05) is 0 Å². The molecule has 0 heteroatoms. The molecule has 0 radical (unpaired) electrons. The summed E-state index contributed by atoms with van der Waals surface area (Å²) in [6, 6.07) is 0. The average Bonchev–Trinajstić information content (AvgIpc) is 1.98. The first-order valence-corrected chi connectivity index (χ1v) is 4.74. The predicted octanol–water partition coefficient (Wildman–Crippen LogP) is 3.88. The van der Waals surface area contributed by atoms with Crippen molar-refractivity contribution in [3.05, 3.63) is 12.7 Å². The number of allylic oxidation sites excluding steroid dienone is 1. The van der Waals surface area contributed by atoms with E-state index in [1.807, 2.05) is 0 Å². The SMILES string of the molecule is C=CCC(C(C)C)C(C)CC. The predicted molar refractivity (Wildman–Crippen MR) is 52.6 cm³/mol. The molecule has 0 heterocycles. The summed E-state index contributed by atoms with van der Waals surface area (Å²) in [7, 11) is 0. The number of hydrogen-bond acceptors (Lipinski definition) is 0. The molecule has 0 bridgehead atoms. The van der Waals surface area contributed by atoms with Crippen LogP contribution in [0.1, 0.15) is 40.5 Å². The quantitative estimate of drug-likeness (QED) is 0.527. The van der Waals surface area contributed by atoms with E-state index in [2.05, 4.69) is 40.3 Å². The van der Waals surface area contributed by atoms with Gasteiger partial charge in [0.25, 0.3) is 0 Å². The van der Waals surface area contributed by atoms with E-state index in [-0.39, 0.29) is 0 Å². The van der Waals surface area contributed by atoms with Crippen LogP contribution < -0.4 is 0 Å². The largest absolute Gasteiger partial charge is 0.103 e. The van der Waals surface area contributed by atoms with Crippen LogP contribution in [0, 0.1) is 17.8 Å². The van der Waals surface area contributed by atoms with Gasteiger partial charge in [-0.3, -0.25) is 0 Å². The molecule has 0 aromatic rings. The third-order valence-electron chi connectivity index (χ3n) is 2.67. The van der Waals surface area contributed by atoms with Gasteiger partial charge in [-0.25, -0.2) is 0 Å². The molecule has 0 saturated carbocycles. The molecule has 0 fully saturated rings. The van der Waals surface area contributed by atoms with Crippen LogP contribution in [0.3, 0.4) is 0 Å². The molecule has 0 amide bonds. The number of hydrogen-bond donors (Lipinski definition) is 0. The van der Waals surface area contributed by atoms with Crippen molar-refractivity contribution in [2.75, 3.05) is 0 Å². The molecule has 66 valence electrons. The Kier molecular flexibility index (Phi) is 5.27.